The largest absolute Gasteiger partial charge is 0.390 e. The number of aromatic nitrogens is 2. The van der Waals surface area contributed by atoms with E-state index in [1.807, 2.05) is 0 Å². The summed E-state index contributed by atoms with van der Waals surface area (Å²) in [6, 6.07) is 12.9. The number of nitrogens with zero attached hydrogens (tertiary/aromatic N) is 2. The zero-order valence-electron chi connectivity index (χ0n) is 18.0. The van der Waals surface area contributed by atoms with Gasteiger partial charge in [0.15, 0.2) is 5.65 Å². The Hall–Kier alpha value is -3.53. The molecular weight excluding hydrogens is 468 g/mol. The van der Waals surface area contributed by atoms with Gasteiger partial charge < -0.3 is 11.1 Å². The van der Waals surface area contributed by atoms with E-state index in [0.717, 1.165) is 5.56 Å². The number of primary amides is 1. The first-order chi connectivity index (χ1) is 16.1. The van der Waals surface area contributed by atoms with E-state index in [2.05, 4.69) is 10.3 Å². The quantitative estimate of drug-likeness (QED) is 0.310. The number of imidazole rings is 1. The molecule has 5 nitrogen and oxygen atoms in total. The average molecular weight is 489 g/mol. The van der Waals surface area contributed by atoms with E-state index in [0.29, 0.717) is 37.9 Å². The molecule has 0 bridgehead atoms. The smallest absolute Gasteiger partial charge is 0.382 e. The maximum atomic E-state index is 13.7. The number of fused-ring (bicyclic) bond motifs is 1. The van der Waals surface area contributed by atoms with E-state index in [-0.39, 0.29) is 12.4 Å². The normalized spacial score (nSPS) is 11.7. The second-order valence-electron chi connectivity index (χ2n) is 7.67. The summed E-state index contributed by atoms with van der Waals surface area (Å²) in [5.41, 5.74) is 8.78. The molecule has 34 heavy (non-hydrogen) atoms. The van der Waals surface area contributed by atoms with Gasteiger partial charge in [0.25, 0.3) is 0 Å². The number of hydrogen-bond acceptors (Lipinski definition) is 4. The highest BCUT2D eigenvalue weighted by Gasteiger charge is 2.26. The van der Waals surface area contributed by atoms with Gasteiger partial charge in [-0.3, -0.25) is 9.20 Å². The molecule has 10 heteroatoms. The molecule has 0 atom stereocenters. The molecule has 0 unspecified atom stereocenters. The molecule has 0 aliphatic heterocycles. The molecule has 0 spiro atoms. The van der Waals surface area contributed by atoms with Crippen LogP contribution in [-0.4, -0.2) is 28.0 Å². The highest BCUT2D eigenvalue weighted by Crippen LogP contribution is 2.34. The zero-order chi connectivity index (χ0) is 24.5. The Morgan fingerprint density at radius 3 is 2.62 bits per heavy atom. The number of pyridine rings is 1. The van der Waals surface area contributed by atoms with Crippen molar-refractivity contribution in [3.8, 4) is 11.3 Å². The summed E-state index contributed by atoms with van der Waals surface area (Å²) in [5.74, 6) is -0.921. The Kier molecular flexibility index (Phi) is 6.52. The molecule has 4 rings (SSSR count). The number of hydrogen-bond donors (Lipinski definition) is 2. The number of nitrogens with one attached hydrogen (secondary N) is 1. The van der Waals surface area contributed by atoms with Gasteiger partial charge in [-0.2, -0.15) is 13.2 Å². The second kappa shape index (κ2) is 9.38. The molecule has 0 saturated heterocycles. The summed E-state index contributed by atoms with van der Waals surface area (Å²) in [5, 5.41) is 2.83. The fourth-order valence-corrected chi connectivity index (χ4v) is 4.49. The van der Waals surface area contributed by atoms with Crippen LogP contribution in [0.3, 0.4) is 0 Å². The van der Waals surface area contributed by atoms with Crippen LogP contribution in [0.15, 0.2) is 70.7 Å². The first kappa shape index (κ1) is 23.6. The lowest BCUT2D eigenvalue weighted by molar-refractivity contribution is -0.131. The molecule has 0 aliphatic carbocycles. The van der Waals surface area contributed by atoms with Crippen LogP contribution in [0.4, 0.5) is 23.2 Å². The highest BCUT2D eigenvalue weighted by molar-refractivity contribution is 7.99. The summed E-state index contributed by atoms with van der Waals surface area (Å²) < 4.78 is 53.5. The maximum absolute atomic E-state index is 13.7. The van der Waals surface area contributed by atoms with Crippen molar-refractivity contribution in [2.45, 2.75) is 29.3 Å². The minimum Gasteiger partial charge on any atom is -0.382 e. The van der Waals surface area contributed by atoms with Crippen molar-refractivity contribution in [3.63, 3.8) is 0 Å². The predicted octanol–water partition coefficient (Wildman–Crippen LogP) is 6.06. The number of rotatable bonds is 7. The summed E-state index contributed by atoms with van der Waals surface area (Å²) in [4.78, 5) is 17.3. The van der Waals surface area contributed by atoms with Gasteiger partial charge in [0.2, 0.25) is 5.91 Å². The lowest BCUT2D eigenvalue weighted by Crippen LogP contribution is -2.15. The Morgan fingerprint density at radius 2 is 1.94 bits per heavy atom. The summed E-state index contributed by atoms with van der Waals surface area (Å²) in [6.07, 6.45) is -1.89. The number of halogens is 4. The van der Waals surface area contributed by atoms with Crippen molar-refractivity contribution in [1.82, 2.24) is 9.38 Å². The van der Waals surface area contributed by atoms with Crippen LogP contribution in [0.2, 0.25) is 0 Å². The maximum Gasteiger partial charge on any atom is 0.390 e. The number of carbonyl (C=O) groups excluding carboxylic acids is 1. The van der Waals surface area contributed by atoms with Gasteiger partial charge in [-0.15, -0.1) is 0 Å². The Morgan fingerprint density at radius 1 is 1.15 bits per heavy atom. The van der Waals surface area contributed by atoms with Gasteiger partial charge in [0.05, 0.1) is 24.0 Å². The molecule has 0 saturated carbocycles. The predicted molar refractivity (Wildman–Crippen MR) is 124 cm³/mol. The SMILES string of the molecule is Cc1cc(-c2cnc3c(NCCC(F)(F)F)cc(Sc4cccc(F)c4)cn23)ccc1C(N)=O. The molecule has 0 fully saturated rings. The lowest BCUT2D eigenvalue weighted by atomic mass is 10.0. The third-order valence-electron chi connectivity index (χ3n) is 5.12. The fourth-order valence-electron chi connectivity index (χ4n) is 3.57. The van der Waals surface area contributed by atoms with Crippen molar-refractivity contribution >= 4 is 29.0 Å². The standard InChI is InChI=1S/C24H20F4N4OS/c1-14-9-15(5-6-19(14)22(29)33)21-12-31-23-20(30-8-7-24(26,27)28)11-18(13-32(21)23)34-17-4-2-3-16(25)10-17/h2-6,9-13,30H,7-8H2,1H3,(H2,29,33). The molecule has 4 aromatic rings. The third kappa shape index (κ3) is 5.33. The summed E-state index contributed by atoms with van der Waals surface area (Å²) in [6.45, 7) is 1.45. The molecule has 0 radical (unpaired) electrons. The molecule has 2 heterocycles. The number of aryl methyl sites for hydroxylation is 1. The minimum atomic E-state index is -4.29. The first-order valence-electron chi connectivity index (χ1n) is 10.3. The van der Waals surface area contributed by atoms with Gasteiger partial charge in [0.1, 0.15) is 5.82 Å². The van der Waals surface area contributed by atoms with E-state index in [1.165, 1.54) is 23.9 Å². The molecule has 2 aromatic carbocycles. The van der Waals surface area contributed by atoms with Crippen molar-refractivity contribution in [1.29, 1.82) is 0 Å². The van der Waals surface area contributed by atoms with Gasteiger partial charge >= 0.3 is 6.18 Å². The molecule has 3 N–H and O–H groups in total. The van der Waals surface area contributed by atoms with Crippen molar-refractivity contribution in [3.05, 3.63) is 77.9 Å². The second-order valence-corrected chi connectivity index (χ2v) is 8.82. The topological polar surface area (TPSA) is 72.4 Å². The van der Waals surface area contributed by atoms with Gasteiger partial charge in [0, 0.05) is 33.7 Å². The van der Waals surface area contributed by atoms with E-state index >= 15 is 0 Å². The van der Waals surface area contributed by atoms with E-state index < -0.39 is 18.5 Å². The van der Waals surface area contributed by atoms with E-state index in [1.54, 1.807) is 60.1 Å². The molecular formula is C24H20F4N4OS. The van der Waals surface area contributed by atoms with Gasteiger partial charge in [-0.05, 0) is 48.9 Å². The summed E-state index contributed by atoms with van der Waals surface area (Å²) in [7, 11) is 0. The van der Waals surface area contributed by atoms with Gasteiger partial charge in [-0.25, -0.2) is 9.37 Å². The van der Waals surface area contributed by atoms with Gasteiger partial charge in [-0.1, -0.05) is 23.9 Å². The zero-order valence-corrected chi connectivity index (χ0v) is 18.8. The van der Waals surface area contributed by atoms with Crippen LogP contribution >= 0.6 is 11.8 Å². The molecule has 1 amide bonds. The lowest BCUT2D eigenvalue weighted by Gasteiger charge is -2.13. The van der Waals surface area contributed by atoms with Crippen molar-refractivity contribution in [2.24, 2.45) is 5.73 Å². The van der Waals surface area contributed by atoms with Crippen molar-refractivity contribution < 1.29 is 22.4 Å². The van der Waals surface area contributed by atoms with Crippen molar-refractivity contribution in [2.75, 3.05) is 11.9 Å². The number of alkyl halides is 3. The Bertz CT molecular complexity index is 1370. The molecule has 0 aliphatic rings. The third-order valence-corrected chi connectivity index (χ3v) is 6.07. The van der Waals surface area contributed by atoms with Crippen LogP contribution in [-0.2, 0) is 0 Å². The average Bonchev–Trinajstić information content (AvgIpc) is 3.16. The fraction of sp³-hybridized carbons (Fsp3) is 0.167. The van der Waals surface area contributed by atoms with Crippen LogP contribution in [0.5, 0.6) is 0 Å². The van der Waals surface area contributed by atoms with Crippen LogP contribution in [0, 0.1) is 12.7 Å². The number of carbonyl (C=O) groups is 1. The monoisotopic (exact) mass is 488 g/mol. The number of anilines is 1. The van der Waals surface area contributed by atoms with Crippen LogP contribution in [0.25, 0.3) is 16.9 Å². The molecule has 176 valence electrons. The van der Waals surface area contributed by atoms with E-state index in [4.69, 9.17) is 5.73 Å². The highest BCUT2D eigenvalue weighted by atomic mass is 32.2. The Labute approximate surface area is 197 Å². The number of amides is 1. The first-order valence-corrected chi connectivity index (χ1v) is 11.1. The summed E-state index contributed by atoms with van der Waals surface area (Å²) >= 11 is 1.27. The Balaban J connectivity index is 1.78. The van der Waals surface area contributed by atoms with Crippen LogP contribution in [0.1, 0.15) is 22.3 Å². The molecule has 2 aromatic heterocycles. The number of nitrogens with two attached hydrogens (primary N) is 1. The van der Waals surface area contributed by atoms with E-state index in [9.17, 15) is 22.4 Å². The van der Waals surface area contributed by atoms with Crippen LogP contribution < -0.4 is 11.1 Å². The minimum absolute atomic E-state index is 0.318. The number of benzene rings is 2.